The first kappa shape index (κ1) is 21.9. The average molecular weight is 379 g/mol. The molecule has 0 heterocycles. The molecule has 2 aromatic rings. The Morgan fingerprint density at radius 2 is 1.36 bits per heavy atom. The summed E-state index contributed by atoms with van der Waals surface area (Å²) in [5.74, 6) is 0.0000940. The summed E-state index contributed by atoms with van der Waals surface area (Å²) >= 11 is 0. The molecule has 3 nitrogen and oxygen atoms in total. The van der Waals surface area contributed by atoms with Gasteiger partial charge in [0.2, 0.25) is 5.91 Å². The van der Waals surface area contributed by atoms with E-state index in [0.717, 1.165) is 18.4 Å². The van der Waals surface area contributed by atoms with E-state index >= 15 is 0 Å². The smallest absolute Gasteiger partial charge is 0.240 e. The number of rotatable bonds is 13. The van der Waals surface area contributed by atoms with Gasteiger partial charge in [-0.3, -0.25) is 4.79 Å². The quantitative estimate of drug-likeness (QED) is 0.234. The standard InChI is InChI=1S/C25H34N2O/c1-2-3-4-5-6-7-8-9-13-16-25(28)27-26-21-22-17-19-24(20-18-22)23-14-11-10-12-15-23/h10-12,14-15,17-21H,2-9,13,16H2,1H3,(H,27,28)/b26-21-. The molecular formula is C25H34N2O. The Bertz CT molecular complexity index is 692. The van der Waals surface area contributed by atoms with Crippen LogP contribution in [0.5, 0.6) is 0 Å². The number of benzene rings is 2. The lowest BCUT2D eigenvalue weighted by atomic mass is 10.0. The van der Waals surface area contributed by atoms with Crippen molar-refractivity contribution in [2.24, 2.45) is 5.10 Å². The fourth-order valence-corrected chi connectivity index (χ4v) is 3.22. The number of amides is 1. The van der Waals surface area contributed by atoms with E-state index in [2.05, 4.69) is 41.7 Å². The summed E-state index contributed by atoms with van der Waals surface area (Å²) < 4.78 is 0. The molecule has 0 unspecified atom stereocenters. The van der Waals surface area contributed by atoms with Gasteiger partial charge in [0.25, 0.3) is 0 Å². The summed E-state index contributed by atoms with van der Waals surface area (Å²) in [7, 11) is 0. The predicted molar refractivity (Wildman–Crippen MR) is 119 cm³/mol. The van der Waals surface area contributed by atoms with Crippen LogP contribution >= 0.6 is 0 Å². The second kappa shape index (κ2) is 13.7. The van der Waals surface area contributed by atoms with Crippen LogP contribution in [0.15, 0.2) is 59.7 Å². The van der Waals surface area contributed by atoms with Crippen LogP contribution in [0.3, 0.4) is 0 Å². The molecule has 0 spiro atoms. The Balaban J connectivity index is 1.57. The van der Waals surface area contributed by atoms with Gasteiger partial charge in [-0.25, -0.2) is 5.43 Å². The van der Waals surface area contributed by atoms with Gasteiger partial charge in [0.05, 0.1) is 6.21 Å². The predicted octanol–water partition coefficient (Wildman–Crippen LogP) is 6.72. The molecule has 0 aliphatic rings. The van der Waals surface area contributed by atoms with Crippen LogP contribution in [0, 0.1) is 0 Å². The average Bonchev–Trinajstić information content (AvgIpc) is 2.74. The lowest BCUT2D eigenvalue weighted by Gasteiger charge is -2.03. The summed E-state index contributed by atoms with van der Waals surface area (Å²) in [6.07, 6.45) is 13.6. The lowest BCUT2D eigenvalue weighted by molar-refractivity contribution is -0.121. The molecule has 2 aromatic carbocycles. The van der Waals surface area contributed by atoms with Gasteiger partial charge < -0.3 is 0 Å². The van der Waals surface area contributed by atoms with E-state index in [1.807, 2.05) is 30.3 Å². The third kappa shape index (κ3) is 8.98. The summed E-state index contributed by atoms with van der Waals surface area (Å²) in [6.45, 7) is 2.25. The molecule has 0 aliphatic carbocycles. The minimum Gasteiger partial charge on any atom is -0.273 e. The van der Waals surface area contributed by atoms with Gasteiger partial charge in [0, 0.05) is 6.42 Å². The zero-order valence-electron chi connectivity index (χ0n) is 17.2. The van der Waals surface area contributed by atoms with Crippen molar-refractivity contribution in [3.05, 3.63) is 60.2 Å². The van der Waals surface area contributed by atoms with E-state index in [1.165, 1.54) is 56.1 Å². The zero-order chi connectivity index (χ0) is 19.9. The lowest BCUT2D eigenvalue weighted by Crippen LogP contribution is -2.16. The van der Waals surface area contributed by atoms with Gasteiger partial charge in [-0.05, 0) is 23.1 Å². The molecule has 0 saturated heterocycles. The van der Waals surface area contributed by atoms with Crippen molar-refractivity contribution in [3.8, 4) is 11.1 Å². The van der Waals surface area contributed by atoms with Crippen LogP contribution in [0.25, 0.3) is 11.1 Å². The Morgan fingerprint density at radius 3 is 2.00 bits per heavy atom. The molecule has 0 fully saturated rings. The Kier molecular flexibility index (Phi) is 10.7. The van der Waals surface area contributed by atoms with Crippen LogP contribution in [0.4, 0.5) is 0 Å². The van der Waals surface area contributed by atoms with Gasteiger partial charge in [0.1, 0.15) is 0 Å². The molecule has 2 rings (SSSR count). The maximum atomic E-state index is 11.9. The van der Waals surface area contributed by atoms with E-state index < -0.39 is 0 Å². The molecule has 1 N–H and O–H groups in total. The molecule has 1 amide bonds. The van der Waals surface area contributed by atoms with Gasteiger partial charge in [-0.15, -0.1) is 0 Å². The highest BCUT2D eigenvalue weighted by molar-refractivity contribution is 5.83. The largest absolute Gasteiger partial charge is 0.273 e. The van der Waals surface area contributed by atoms with Crippen molar-refractivity contribution in [1.82, 2.24) is 5.43 Å². The van der Waals surface area contributed by atoms with E-state index in [-0.39, 0.29) is 5.91 Å². The minimum atomic E-state index is 0.0000940. The highest BCUT2D eigenvalue weighted by Crippen LogP contribution is 2.18. The summed E-state index contributed by atoms with van der Waals surface area (Å²) in [4.78, 5) is 11.9. The van der Waals surface area contributed by atoms with E-state index in [0.29, 0.717) is 6.42 Å². The number of unbranched alkanes of at least 4 members (excludes halogenated alkanes) is 8. The van der Waals surface area contributed by atoms with Gasteiger partial charge in [-0.2, -0.15) is 5.10 Å². The second-order valence-corrected chi connectivity index (χ2v) is 7.36. The fraction of sp³-hybridized carbons (Fsp3) is 0.440. The first-order chi connectivity index (χ1) is 13.8. The van der Waals surface area contributed by atoms with E-state index in [4.69, 9.17) is 0 Å². The zero-order valence-corrected chi connectivity index (χ0v) is 17.2. The van der Waals surface area contributed by atoms with Crippen LogP contribution in [0.1, 0.15) is 76.7 Å². The number of hydrogen-bond donors (Lipinski definition) is 1. The van der Waals surface area contributed by atoms with Gasteiger partial charge in [0.15, 0.2) is 0 Å². The van der Waals surface area contributed by atoms with Crippen LogP contribution < -0.4 is 5.43 Å². The summed E-state index contributed by atoms with van der Waals surface area (Å²) in [5, 5.41) is 4.08. The normalized spacial score (nSPS) is 11.0. The van der Waals surface area contributed by atoms with Crippen LogP contribution in [0.2, 0.25) is 0 Å². The monoisotopic (exact) mass is 378 g/mol. The first-order valence-corrected chi connectivity index (χ1v) is 10.8. The molecule has 3 heteroatoms. The maximum Gasteiger partial charge on any atom is 0.240 e. The minimum absolute atomic E-state index is 0.0000940. The molecular weight excluding hydrogens is 344 g/mol. The summed E-state index contributed by atoms with van der Waals surface area (Å²) in [5.41, 5.74) is 5.98. The van der Waals surface area contributed by atoms with Gasteiger partial charge in [-0.1, -0.05) is 113 Å². The van der Waals surface area contributed by atoms with Crippen molar-refractivity contribution in [2.75, 3.05) is 0 Å². The Hall–Kier alpha value is -2.42. The highest BCUT2D eigenvalue weighted by atomic mass is 16.2. The van der Waals surface area contributed by atoms with Crippen molar-refractivity contribution < 1.29 is 4.79 Å². The number of hydrazone groups is 1. The summed E-state index contributed by atoms with van der Waals surface area (Å²) in [6, 6.07) is 18.4. The SMILES string of the molecule is CCCCCCCCCCCC(=O)N/N=C\c1ccc(-c2ccccc2)cc1. The third-order valence-electron chi connectivity index (χ3n) is 4.93. The number of nitrogens with one attached hydrogen (secondary N) is 1. The Morgan fingerprint density at radius 1 is 0.786 bits per heavy atom. The fourth-order valence-electron chi connectivity index (χ4n) is 3.22. The number of carbonyl (C=O) groups excluding carboxylic acids is 1. The Labute approximate surface area is 170 Å². The second-order valence-electron chi connectivity index (χ2n) is 7.36. The van der Waals surface area contributed by atoms with Crippen LogP contribution in [-0.4, -0.2) is 12.1 Å². The molecule has 28 heavy (non-hydrogen) atoms. The molecule has 0 radical (unpaired) electrons. The van der Waals surface area contributed by atoms with Crippen molar-refractivity contribution >= 4 is 12.1 Å². The molecule has 0 bridgehead atoms. The van der Waals surface area contributed by atoms with Crippen molar-refractivity contribution in [1.29, 1.82) is 0 Å². The highest BCUT2D eigenvalue weighted by Gasteiger charge is 2.00. The van der Waals surface area contributed by atoms with E-state index in [9.17, 15) is 4.79 Å². The maximum absolute atomic E-state index is 11.9. The molecule has 150 valence electrons. The first-order valence-electron chi connectivity index (χ1n) is 10.8. The molecule has 0 aromatic heterocycles. The number of nitrogens with zero attached hydrogens (tertiary/aromatic N) is 1. The number of carbonyl (C=O) groups is 1. The van der Waals surface area contributed by atoms with E-state index in [1.54, 1.807) is 6.21 Å². The van der Waals surface area contributed by atoms with Crippen LogP contribution in [-0.2, 0) is 4.79 Å². The third-order valence-corrected chi connectivity index (χ3v) is 4.93. The topological polar surface area (TPSA) is 41.5 Å². The van der Waals surface area contributed by atoms with Crippen molar-refractivity contribution in [3.63, 3.8) is 0 Å². The number of hydrogen-bond acceptors (Lipinski definition) is 2. The molecule has 0 aliphatic heterocycles. The van der Waals surface area contributed by atoms with Crippen molar-refractivity contribution in [2.45, 2.75) is 71.1 Å². The molecule has 0 saturated carbocycles. The molecule has 0 atom stereocenters. The van der Waals surface area contributed by atoms with Gasteiger partial charge >= 0.3 is 0 Å².